The van der Waals surface area contributed by atoms with E-state index in [2.05, 4.69) is 0 Å². The summed E-state index contributed by atoms with van der Waals surface area (Å²) < 4.78 is 0. The summed E-state index contributed by atoms with van der Waals surface area (Å²) in [6.07, 6.45) is 1.50. The van der Waals surface area contributed by atoms with E-state index in [0.29, 0.717) is 18.2 Å². The molecule has 0 aliphatic carbocycles. The molecule has 0 rings (SSSR count). The SMILES string of the molecule is [K+].[K+].[K+].[N-]=C=O.[N-]=C=O.[N-]=C=O. The minimum atomic E-state index is 0. The van der Waals surface area contributed by atoms with Gasteiger partial charge in [0.05, 0.1) is 0 Å². The molecule has 0 radical (unpaired) electrons. The molecule has 0 saturated heterocycles. The van der Waals surface area contributed by atoms with Crippen LogP contribution in [-0.2, 0) is 14.4 Å². The second-order valence-electron chi connectivity index (χ2n) is 0.274. The maximum Gasteiger partial charge on any atom is 1.00 e. The molecule has 0 bridgehead atoms. The summed E-state index contributed by atoms with van der Waals surface area (Å²) in [7, 11) is 0. The summed E-state index contributed by atoms with van der Waals surface area (Å²) in [6, 6.07) is 0. The molecule has 9 heteroatoms. The summed E-state index contributed by atoms with van der Waals surface area (Å²) in [5, 5.41) is 20.3. The first-order valence-corrected chi connectivity index (χ1v) is 1.28. The van der Waals surface area contributed by atoms with Gasteiger partial charge in [-0.25, -0.2) is 0 Å². The van der Waals surface area contributed by atoms with Crippen LogP contribution in [0.1, 0.15) is 0 Å². The smallest absolute Gasteiger partial charge is 0.724 e. The molecule has 0 aliphatic rings. The third kappa shape index (κ3) is 204. The van der Waals surface area contributed by atoms with Gasteiger partial charge in [-0.2, -0.15) is 0 Å². The minimum absolute atomic E-state index is 0. The maximum atomic E-state index is 8.24. The van der Waals surface area contributed by atoms with Crippen molar-refractivity contribution in [1.82, 2.24) is 0 Å². The summed E-state index contributed by atoms with van der Waals surface area (Å²) >= 11 is 0. The molecule has 0 saturated carbocycles. The van der Waals surface area contributed by atoms with Gasteiger partial charge in [0.25, 0.3) is 0 Å². The topological polar surface area (TPSA) is 118 Å². The Kier molecular flexibility index (Phi) is 198. The van der Waals surface area contributed by atoms with Gasteiger partial charge in [-0.1, -0.05) is 0 Å². The molecule has 0 aromatic carbocycles. The van der Waals surface area contributed by atoms with E-state index in [1.54, 1.807) is 0 Å². The van der Waals surface area contributed by atoms with E-state index in [9.17, 15) is 0 Å². The van der Waals surface area contributed by atoms with Crippen LogP contribution in [0.4, 0.5) is 0 Å². The number of isocyanates is 3. The molecule has 0 aromatic heterocycles. The Bertz CT molecular complexity index is 116. The Balaban J connectivity index is -0.00000001000. The summed E-state index contributed by atoms with van der Waals surface area (Å²) in [5.74, 6) is 0. The molecule has 0 aromatic rings. The Labute approximate surface area is 197 Å². The zero-order chi connectivity index (χ0) is 8.12. The first-order chi connectivity index (χ1) is 4.24. The van der Waals surface area contributed by atoms with E-state index in [1.807, 2.05) is 0 Å². The number of nitrogens with zero attached hydrogens (tertiary/aromatic N) is 3. The minimum Gasteiger partial charge on any atom is -0.724 e. The van der Waals surface area contributed by atoms with Gasteiger partial charge in [-0.3, -0.25) is 14.4 Å². The van der Waals surface area contributed by atoms with E-state index >= 15 is 0 Å². The Morgan fingerprint density at radius 1 is 0.583 bits per heavy atom. The van der Waals surface area contributed by atoms with Gasteiger partial charge in [-0.05, 0) is 18.2 Å². The second kappa shape index (κ2) is 65.4. The molecular weight excluding hydrogens is 243 g/mol. The van der Waals surface area contributed by atoms with Crippen molar-refractivity contribution in [2.45, 2.75) is 0 Å². The number of hydrogen-bond acceptors (Lipinski definition) is 3. The predicted molar refractivity (Wildman–Crippen MR) is 27.2 cm³/mol. The van der Waals surface area contributed by atoms with Crippen LogP contribution in [-0.4, -0.2) is 18.2 Å². The van der Waals surface area contributed by atoms with Crippen molar-refractivity contribution in [1.29, 1.82) is 0 Å². The first-order valence-electron chi connectivity index (χ1n) is 1.28. The maximum absolute atomic E-state index is 8.24. The van der Waals surface area contributed by atoms with Crippen LogP contribution in [0.15, 0.2) is 0 Å². The standard InChI is InChI=1S/3CNO.3K/c3*2-1-3;;;/q3*-1;3*+1. The second-order valence-corrected chi connectivity index (χ2v) is 0.274. The van der Waals surface area contributed by atoms with Crippen LogP contribution in [0.25, 0.3) is 16.2 Å². The Morgan fingerprint density at radius 3 is 0.583 bits per heavy atom. The summed E-state index contributed by atoms with van der Waals surface area (Å²) in [6.45, 7) is 0. The zero-order valence-corrected chi connectivity index (χ0v) is 16.4. The molecule has 0 amide bonds. The van der Waals surface area contributed by atoms with E-state index in [1.165, 1.54) is 0 Å². The number of carbonyl (C=O) groups excluding carboxylic acids is 3. The molecule has 12 heavy (non-hydrogen) atoms. The van der Waals surface area contributed by atoms with Gasteiger partial charge in [0.15, 0.2) is 0 Å². The van der Waals surface area contributed by atoms with E-state index in [-0.39, 0.29) is 154 Å². The van der Waals surface area contributed by atoms with Crippen LogP contribution in [0.5, 0.6) is 0 Å². The van der Waals surface area contributed by atoms with Gasteiger partial charge >= 0.3 is 154 Å². The normalized spacial score (nSPS) is 2.00. The Hall–Kier alpha value is 3.05. The molecule has 0 spiro atoms. The molecule has 48 valence electrons. The fourth-order valence-corrected chi connectivity index (χ4v) is 0. The van der Waals surface area contributed by atoms with Crippen LogP contribution in [0.2, 0.25) is 0 Å². The molecule has 0 unspecified atom stereocenters. The molecular formula is C3K3N3O3. The van der Waals surface area contributed by atoms with Gasteiger partial charge in [0.2, 0.25) is 0 Å². The van der Waals surface area contributed by atoms with Crippen molar-refractivity contribution in [3.63, 3.8) is 0 Å². The fourth-order valence-electron chi connectivity index (χ4n) is 0. The average molecular weight is 243 g/mol. The van der Waals surface area contributed by atoms with Crippen molar-refractivity contribution in [2.75, 3.05) is 0 Å². The van der Waals surface area contributed by atoms with Gasteiger partial charge in [-0.15, -0.1) is 0 Å². The first kappa shape index (κ1) is 36.3. The quantitative estimate of drug-likeness (QED) is 0.239. The van der Waals surface area contributed by atoms with E-state index in [4.69, 9.17) is 30.6 Å². The van der Waals surface area contributed by atoms with Crippen LogP contribution in [0.3, 0.4) is 0 Å². The van der Waals surface area contributed by atoms with Crippen molar-refractivity contribution < 1.29 is 169 Å². The molecule has 0 fully saturated rings. The zero-order valence-electron chi connectivity index (χ0n) is 7.07. The summed E-state index contributed by atoms with van der Waals surface area (Å²) in [4.78, 5) is 24.7. The number of rotatable bonds is 0. The molecule has 0 N–H and O–H groups in total. The predicted octanol–water partition coefficient (Wildman–Crippen LogP) is -9.31. The van der Waals surface area contributed by atoms with Gasteiger partial charge < -0.3 is 16.2 Å². The molecule has 6 nitrogen and oxygen atoms in total. The van der Waals surface area contributed by atoms with Crippen LogP contribution >= 0.6 is 0 Å². The third-order valence-corrected chi connectivity index (χ3v) is 0. The number of hydrogen-bond donors (Lipinski definition) is 0. The van der Waals surface area contributed by atoms with Crippen molar-refractivity contribution in [3.05, 3.63) is 16.2 Å². The fraction of sp³-hybridized carbons (Fsp3) is 0. The molecule has 0 atom stereocenters. The van der Waals surface area contributed by atoms with Crippen molar-refractivity contribution in [2.24, 2.45) is 0 Å². The van der Waals surface area contributed by atoms with Gasteiger partial charge in [0.1, 0.15) is 0 Å². The van der Waals surface area contributed by atoms with E-state index in [0.717, 1.165) is 0 Å². The average Bonchev–Trinajstić information content (AvgIpc) is 1.70. The van der Waals surface area contributed by atoms with Crippen molar-refractivity contribution >= 4 is 18.2 Å². The van der Waals surface area contributed by atoms with Crippen LogP contribution in [0, 0.1) is 0 Å². The monoisotopic (exact) mass is 243 g/mol. The largest absolute Gasteiger partial charge is 1.00 e. The Morgan fingerprint density at radius 2 is 0.583 bits per heavy atom. The third-order valence-electron chi connectivity index (χ3n) is 0. The van der Waals surface area contributed by atoms with E-state index < -0.39 is 0 Å². The summed E-state index contributed by atoms with van der Waals surface area (Å²) in [5.41, 5.74) is 0. The molecule has 0 aliphatic heterocycles. The van der Waals surface area contributed by atoms with Crippen molar-refractivity contribution in [3.8, 4) is 0 Å². The van der Waals surface area contributed by atoms with Crippen LogP contribution < -0.4 is 154 Å². The van der Waals surface area contributed by atoms with Gasteiger partial charge in [0, 0.05) is 0 Å². The molecule has 0 heterocycles.